The number of carbonyl (C=O) groups excluding carboxylic acids is 1. The molecular formula is C15H7Cl2F2NO. The van der Waals surface area contributed by atoms with Gasteiger partial charge in [-0.3, -0.25) is 4.79 Å². The van der Waals surface area contributed by atoms with E-state index in [9.17, 15) is 13.6 Å². The van der Waals surface area contributed by atoms with Crippen molar-refractivity contribution in [2.45, 2.75) is 0 Å². The highest BCUT2D eigenvalue weighted by Gasteiger charge is 2.18. The van der Waals surface area contributed by atoms with Crippen LogP contribution >= 0.6 is 23.2 Å². The number of hydrogen-bond donors (Lipinski definition) is 1. The average molecular weight is 326 g/mol. The molecule has 3 rings (SSSR count). The van der Waals surface area contributed by atoms with Gasteiger partial charge in [0.15, 0.2) is 6.29 Å². The Balaban J connectivity index is 2.40. The van der Waals surface area contributed by atoms with Crippen LogP contribution in [-0.2, 0) is 0 Å². The van der Waals surface area contributed by atoms with E-state index in [1.165, 1.54) is 0 Å². The van der Waals surface area contributed by atoms with Crippen molar-refractivity contribution in [1.29, 1.82) is 0 Å². The van der Waals surface area contributed by atoms with Gasteiger partial charge in [0.1, 0.15) is 11.6 Å². The van der Waals surface area contributed by atoms with E-state index >= 15 is 0 Å². The van der Waals surface area contributed by atoms with Crippen LogP contribution < -0.4 is 0 Å². The molecule has 1 N–H and O–H groups in total. The smallest absolute Gasteiger partial charge is 0.152 e. The van der Waals surface area contributed by atoms with Gasteiger partial charge in [-0.25, -0.2) is 8.78 Å². The standard InChI is InChI=1S/C15H7Cl2F2NO/c16-7-1-2-12(17)10(3-7)14-11(6-21)9-4-8(18)5-13(19)15(9)20-14/h1-6,20H. The molecule has 1 aromatic heterocycles. The van der Waals surface area contributed by atoms with Crippen LogP contribution in [0, 0.1) is 11.6 Å². The van der Waals surface area contributed by atoms with E-state index in [4.69, 9.17) is 23.2 Å². The predicted molar refractivity (Wildman–Crippen MR) is 79.1 cm³/mol. The second kappa shape index (κ2) is 5.13. The van der Waals surface area contributed by atoms with E-state index in [1.807, 2.05) is 0 Å². The maximum Gasteiger partial charge on any atom is 0.152 e. The van der Waals surface area contributed by atoms with Crippen LogP contribution in [0.4, 0.5) is 8.78 Å². The van der Waals surface area contributed by atoms with E-state index in [1.54, 1.807) is 18.2 Å². The Morgan fingerprint density at radius 2 is 1.86 bits per heavy atom. The Morgan fingerprint density at radius 1 is 1.10 bits per heavy atom. The number of benzene rings is 2. The Labute approximate surface area is 128 Å². The molecule has 3 aromatic rings. The average Bonchev–Trinajstić information content (AvgIpc) is 2.80. The lowest BCUT2D eigenvalue weighted by Crippen LogP contribution is -1.86. The number of H-pyrrole nitrogens is 1. The maximum atomic E-state index is 13.8. The van der Waals surface area contributed by atoms with E-state index in [0.717, 1.165) is 12.1 Å². The lowest BCUT2D eigenvalue weighted by molar-refractivity contribution is 0.112. The number of hydrogen-bond acceptors (Lipinski definition) is 1. The molecule has 0 amide bonds. The molecule has 0 saturated carbocycles. The molecule has 6 heteroatoms. The van der Waals surface area contributed by atoms with Gasteiger partial charge < -0.3 is 4.98 Å². The van der Waals surface area contributed by atoms with Gasteiger partial charge in [0, 0.05) is 27.6 Å². The topological polar surface area (TPSA) is 32.9 Å². The van der Waals surface area contributed by atoms with Crippen LogP contribution in [0.3, 0.4) is 0 Å². The van der Waals surface area contributed by atoms with Gasteiger partial charge in [-0.1, -0.05) is 23.2 Å². The largest absolute Gasteiger partial charge is 0.351 e. The molecule has 0 unspecified atom stereocenters. The number of rotatable bonds is 2. The first-order chi connectivity index (χ1) is 10.0. The summed E-state index contributed by atoms with van der Waals surface area (Å²) in [7, 11) is 0. The minimum absolute atomic E-state index is 0.0459. The van der Waals surface area contributed by atoms with Crippen molar-refractivity contribution in [3.8, 4) is 11.3 Å². The summed E-state index contributed by atoms with van der Waals surface area (Å²) in [5.41, 5.74) is 0.927. The van der Waals surface area contributed by atoms with Crippen LogP contribution in [0.1, 0.15) is 10.4 Å². The van der Waals surface area contributed by atoms with E-state index < -0.39 is 11.6 Å². The van der Waals surface area contributed by atoms with Crippen molar-refractivity contribution in [1.82, 2.24) is 4.98 Å². The predicted octanol–water partition coefficient (Wildman–Crippen LogP) is 5.23. The molecule has 1 heterocycles. The van der Waals surface area contributed by atoms with E-state index in [0.29, 0.717) is 27.6 Å². The fourth-order valence-corrected chi connectivity index (χ4v) is 2.65. The Morgan fingerprint density at radius 3 is 2.57 bits per heavy atom. The first-order valence-corrected chi connectivity index (χ1v) is 6.68. The molecule has 0 spiro atoms. The number of carbonyl (C=O) groups is 1. The van der Waals surface area contributed by atoms with Crippen LogP contribution in [0.2, 0.25) is 10.0 Å². The summed E-state index contributed by atoms with van der Waals surface area (Å²) >= 11 is 12.0. The van der Waals surface area contributed by atoms with Gasteiger partial charge >= 0.3 is 0 Å². The molecular weight excluding hydrogens is 319 g/mol. The zero-order valence-electron chi connectivity index (χ0n) is 10.4. The fraction of sp³-hybridized carbons (Fsp3) is 0. The Hall–Kier alpha value is -1.91. The van der Waals surface area contributed by atoms with Crippen LogP contribution in [-0.4, -0.2) is 11.3 Å². The molecule has 0 aliphatic carbocycles. The number of nitrogens with one attached hydrogen (secondary N) is 1. The van der Waals surface area contributed by atoms with Crippen molar-refractivity contribution >= 4 is 40.4 Å². The van der Waals surface area contributed by atoms with Crippen molar-refractivity contribution in [3.05, 3.63) is 57.6 Å². The second-order valence-electron chi connectivity index (χ2n) is 4.47. The van der Waals surface area contributed by atoms with E-state index in [-0.39, 0.29) is 16.5 Å². The third-order valence-corrected chi connectivity index (χ3v) is 3.74. The van der Waals surface area contributed by atoms with Crippen LogP contribution in [0.5, 0.6) is 0 Å². The fourth-order valence-electron chi connectivity index (χ4n) is 2.26. The summed E-state index contributed by atoms with van der Waals surface area (Å²) in [6, 6.07) is 6.56. The lowest BCUT2D eigenvalue weighted by atomic mass is 10.1. The molecule has 0 saturated heterocycles. The molecule has 0 aliphatic rings. The number of aromatic nitrogens is 1. The summed E-state index contributed by atoms with van der Waals surface area (Å²) in [5, 5.41) is 0.917. The van der Waals surface area contributed by atoms with Gasteiger partial charge in [-0.2, -0.15) is 0 Å². The minimum Gasteiger partial charge on any atom is -0.351 e. The van der Waals surface area contributed by atoms with Crippen molar-refractivity contribution in [2.24, 2.45) is 0 Å². The minimum atomic E-state index is -0.780. The molecule has 106 valence electrons. The summed E-state index contributed by atoms with van der Waals surface area (Å²) in [4.78, 5) is 14.1. The third-order valence-electron chi connectivity index (χ3n) is 3.18. The molecule has 0 radical (unpaired) electrons. The molecule has 0 aliphatic heterocycles. The number of fused-ring (bicyclic) bond motifs is 1. The molecule has 0 atom stereocenters. The summed E-state index contributed by atoms with van der Waals surface area (Å²) in [6.07, 6.45) is 0.532. The van der Waals surface area contributed by atoms with Gasteiger partial charge in [0.05, 0.1) is 16.2 Å². The Bertz CT molecular complexity index is 874. The van der Waals surface area contributed by atoms with Gasteiger partial charge in [-0.15, -0.1) is 0 Å². The van der Waals surface area contributed by atoms with Crippen molar-refractivity contribution in [2.75, 3.05) is 0 Å². The number of aldehydes is 1. The van der Waals surface area contributed by atoms with Crippen molar-refractivity contribution in [3.63, 3.8) is 0 Å². The molecule has 2 aromatic carbocycles. The zero-order valence-corrected chi connectivity index (χ0v) is 11.9. The monoisotopic (exact) mass is 325 g/mol. The molecule has 21 heavy (non-hydrogen) atoms. The van der Waals surface area contributed by atoms with Gasteiger partial charge in [0.25, 0.3) is 0 Å². The second-order valence-corrected chi connectivity index (χ2v) is 5.31. The van der Waals surface area contributed by atoms with Crippen LogP contribution in [0.15, 0.2) is 30.3 Å². The quantitative estimate of drug-likeness (QED) is 0.643. The highest BCUT2D eigenvalue weighted by Crippen LogP contribution is 2.36. The highest BCUT2D eigenvalue weighted by atomic mass is 35.5. The lowest BCUT2D eigenvalue weighted by Gasteiger charge is -2.03. The first-order valence-electron chi connectivity index (χ1n) is 5.92. The normalized spacial score (nSPS) is 11.0. The summed E-state index contributed by atoms with van der Waals surface area (Å²) in [6.45, 7) is 0. The third kappa shape index (κ3) is 2.30. The summed E-state index contributed by atoms with van der Waals surface area (Å²) in [5.74, 6) is -1.54. The van der Waals surface area contributed by atoms with E-state index in [2.05, 4.69) is 4.98 Å². The SMILES string of the molecule is O=Cc1c(-c2cc(Cl)ccc2Cl)[nH]c2c(F)cc(F)cc12. The van der Waals surface area contributed by atoms with Gasteiger partial charge in [-0.05, 0) is 24.3 Å². The number of halogens is 4. The van der Waals surface area contributed by atoms with Gasteiger partial charge in [0.2, 0.25) is 0 Å². The highest BCUT2D eigenvalue weighted by molar-refractivity contribution is 6.35. The summed E-state index contributed by atoms with van der Waals surface area (Å²) < 4.78 is 27.2. The first kappa shape index (κ1) is 14.0. The van der Waals surface area contributed by atoms with Crippen LogP contribution in [0.25, 0.3) is 22.2 Å². The number of aromatic amines is 1. The molecule has 2 nitrogen and oxygen atoms in total. The van der Waals surface area contributed by atoms with Crippen molar-refractivity contribution < 1.29 is 13.6 Å². The zero-order chi connectivity index (χ0) is 15.1. The molecule has 0 fully saturated rings. The maximum absolute atomic E-state index is 13.8. The Kier molecular flexibility index (Phi) is 3.43. The molecule has 0 bridgehead atoms.